The van der Waals surface area contributed by atoms with Crippen LogP contribution in [0.25, 0.3) is 6.08 Å². The van der Waals surface area contributed by atoms with Crippen LogP contribution in [0.2, 0.25) is 0 Å². The van der Waals surface area contributed by atoms with Crippen molar-refractivity contribution >= 4 is 17.7 Å². The Hall–Kier alpha value is -2.55. The van der Waals surface area contributed by atoms with Crippen LogP contribution in [-0.4, -0.2) is 19.6 Å². The van der Waals surface area contributed by atoms with Crippen LogP contribution in [0.1, 0.15) is 49.7 Å². The Morgan fingerprint density at radius 2 is 1.71 bits per heavy atom. The Morgan fingerprint density at radius 1 is 1.00 bits per heavy atom. The van der Waals surface area contributed by atoms with Gasteiger partial charge in [-0.15, -0.1) is 0 Å². The van der Waals surface area contributed by atoms with Crippen molar-refractivity contribution in [1.82, 2.24) is 0 Å². The molecule has 0 amide bonds. The number of benzene rings is 2. The van der Waals surface area contributed by atoms with Crippen molar-refractivity contribution in [3.05, 3.63) is 71.8 Å². The highest BCUT2D eigenvalue weighted by Gasteiger charge is 2.48. The van der Waals surface area contributed by atoms with Crippen LogP contribution >= 0.6 is 0 Å². The van der Waals surface area contributed by atoms with Gasteiger partial charge in [0.25, 0.3) is 0 Å². The highest BCUT2D eigenvalue weighted by molar-refractivity contribution is 5.87. The van der Waals surface area contributed by atoms with Gasteiger partial charge in [-0.05, 0) is 78.7 Å². The highest BCUT2D eigenvalue weighted by atomic mass is 16.5. The quantitative estimate of drug-likeness (QED) is 0.529. The fourth-order valence-electron chi connectivity index (χ4n) is 5.03. The number of hydrogen-bond acceptors (Lipinski definition) is 3. The van der Waals surface area contributed by atoms with Crippen molar-refractivity contribution < 1.29 is 9.53 Å². The lowest BCUT2D eigenvalue weighted by Gasteiger charge is -2.54. The number of anilines is 1. The van der Waals surface area contributed by atoms with E-state index >= 15 is 0 Å². The first-order valence-electron chi connectivity index (χ1n) is 10.3. The second-order valence-corrected chi connectivity index (χ2v) is 8.48. The van der Waals surface area contributed by atoms with Gasteiger partial charge >= 0.3 is 5.97 Å². The SMILES string of the molecule is COC(=O)/C=C/c1cccc(NCC23CCC(c4ccccc4)(CC2)CC3)c1. The first-order valence-corrected chi connectivity index (χ1v) is 10.3. The third kappa shape index (κ3) is 3.84. The second-order valence-electron chi connectivity index (χ2n) is 8.48. The number of esters is 1. The molecule has 1 N–H and O–H groups in total. The van der Waals surface area contributed by atoms with E-state index in [0.29, 0.717) is 10.8 Å². The van der Waals surface area contributed by atoms with Crippen molar-refractivity contribution in [1.29, 1.82) is 0 Å². The summed E-state index contributed by atoms with van der Waals surface area (Å²) in [5.41, 5.74) is 4.51. The molecule has 3 heteroatoms. The fraction of sp³-hybridized carbons (Fsp3) is 0.400. The highest BCUT2D eigenvalue weighted by Crippen LogP contribution is 2.57. The zero-order chi connectivity index (χ0) is 19.5. The molecule has 3 aliphatic rings. The molecule has 2 bridgehead atoms. The van der Waals surface area contributed by atoms with Crippen LogP contribution in [0.4, 0.5) is 5.69 Å². The molecule has 5 rings (SSSR count). The lowest BCUT2D eigenvalue weighted by Crippen LogP contribution is -2.47. The van der Waals surface area contributed by atoms with E-state index in [-0.39, 0.29) is 5.97 Å². The number of rotatable bonds is 6. The standard InChI is InChI=1S/C25H29NO2/c1-28-23(27)11-10-20-6-5-9-22(18-20)26-19-24-12-15-25(16-13-24,17-14-24)21-7-3-2-4-8-21/h2-11,18,26H,12-17,19H2,1H3/b11-10+. The molecule has 2 aromatic carbocycles. The van der Waals surface area contributed by atoms with Crippen molar-refractivity contribution in [2.24, 2.45) is 5.41 Å². The minimum Gasteiger partial charge on any atom is -0.466 e. The maximum absolute atomic E-state index is 11.3. The summed E-state index contributed by atoms with van der Waals surface area (Å²) in [7, 11) is 1.39. The summed E-state index contributed by atoms with van der Waals surface area (Å²) in [4.78, 5) is 11.3. The second kappa shape index (κ2) is 7.83. The Labute approximate surface area is 167 Å². The number of hydrogen-bond donors (Lipinski definition) is 1. The summed E-state index contributed by atoms with van der Waals surface area (Å²) in [6.45, 7) is 1.03. The van der Waals surface area contributed by atoms with Gasteiger partial charge in [0.1, 0.15) is 0 Å². The smallest absolute Gasteiger partial charge is 0.330 e. The topological polar surface area (TPSA) is 38.3 Å². The third-order valence-electron chi connectivity index (χ3n) is 6.96. The molecular formula is C25H29NO2. The molecule has 0 saturated heterocycles. The lowest BCUT2D eigenvalue weighted by molar-refractivity contribution is -0.134. The number of carbonyl (C=O) groups is 1. The van der Waals surface area contributed by atoms with E-state index in [0.717, 1.165) is 17.8 Å². The van der Waals surface area contributed by atoms with Gasteiger partial charge in [-0.25, -0.2) is 4.79 Å². The summed E-state index contributed by atoms with van der Waals surface area (Å²) in [5, 5.41) is 3.67. The fourth-order valence-corrected chi connectivity index (χ4v) is 5.03. The number of methoxy groups -OCH3 is 1. The summed E-state index contributed by atoms with van der Waals surface area (Å²) >= 11 is 0. The molecule has 0 spiro atoms. The van der Waals surface area contributed by atoms with Crippen LogP contribution in [0.5, 0.6) is 0 Å². The van der Waals surface area contributed by atoms with Gasteiger partial charge in [-0.3, -0.25) is 0 Å². The molecule has 3 aliphatic carbocycles. The largest absolute Gasteiger partial charge is 0.466 e. The molecule has 3 nitrogen and oxygen atoms in total. The number of fused-ring (bicyclic) bond motifs is 3. The van der Waals surface area contributed by atoms with E-state index in [1.807, 2.05) is 12.1 Å². The normalized spacial score (nSPS) is 26.3. The zero-order valence-electron chi connectivity index (χ0n) is 16.6. The minimum atomic E-state index is -0.330. The van der Waals surface area contributed by atoms with Gasteiger partial charge in [0.05, 0.1) is 7.11 Å². The summed E-state index contributed by atoms with van der Waals surface area (Å²) in [6, 6.07) is 19.4. The maximum Gasteiger partial charge on any atom is 0.330 e. The van der Waals surface area contributed by atoms with Crippen LogP contribution in [-0.2, 0) is 14.9 Å². The van der Waals surface area contributed by atoms with E-state index < -0.39 is 0 Å². The number of nitrogens with one attached hydrogen (secondary N) is 1. The molecule has 3 fully saturated rings. The molecule has 0 unspecified atom stereocenters. The van der Waals surface area contributed by atoms with E-state index in [2.05, 4.69) is 52.5 Å². The predicted octanol–water partition coefficient (Wildman–Crippen LogP) is 5.58. The Bertz CT molecular complexity index is 831. The van der Waals surface area contributed by atoms with Crippen LogP contribution < -0.4 is 5.32 Å². The Balaban J connectivity index is 1.38. The van der Waals surface area contributed by atoms with Gasteiger partial charge in [0.2, 0.25) is 0 Å². The van der Waals surface area contributed by atoms with Crippen molar-refractivity contribution in [3.8, 4) is 0 Å². The number of carbonyl (C=O) groups excluding carboxylic acids is 1. The molecular weight excluding hydrogens is 346 g/mol. The van der Waals surface area contributed by atoms with Crippen molar-refractivity contribution in [3.63, 3.8) is 0 Å². The van der Waals surface area contributed by atoms with Gasteiger partial charge in [0.15, 0.2) is 0 Å². The Morgan fingerprint density at radius 3 is 2.39 bits per heavy atom. The van der Waals surface area contributed by atoms with Gasteiger partial charge in [-0.2, -0.15) is 0 Å². The first kappa shape index (κ1) is 18.8. The maximum atomic E-state index is 11.3. The van der Waals surface area contributed by atoms with E-state index in [9.17, 15) is 4.79 Å². The van der Waals surface area contributed by atoms with Gasteiger partial charge < -0.3 is 10.1 Å². The molecule has 0 radical (unpaired) electrons. The monoisotopic (exact) mass is 375 g/mol. The minimum absolute atomic E-state index is 0.330. The summed E-state index contributed by atoms with van der Waals surface area (Å²) in [6.07, 6.45) is 11.1. The van der Waals surface area contributed by atoms with Crippen molar-refractivity contribution in [2.45, 2.75) is 43.9 Å². The molecule has 3 saturated carbocycles. The predicted molar refractivity (Wildman–Crippen MR) is 114 cm³/mol. The Kier molecular flexibility index (Phi) is 5.25. The summed E-state index contributed by atoms with van der Waals surface area (Å²) in [5.74, 6) is -0.330. The molecule has 146 valence electrons. The molecule has 0 atom stereocenters. The van der Waals surface area contributed by atoms with Crippen LogP contribution in [0, 0.1) is 5.41 Å². The zero-order valence-corrected chi connectivity index (χ0v) is 16.6. The molecule has 2 aromatic rings. The van der Waals surface area contributed by atoms with Crippen LogP contribution in [0.15, 0.2) is 60.7 Å². The van der Waals surface area contributed by atoms with Gasteiger partial charge in [0, 0.05) is 18.3 Å². The summed E-state index contributed by atoms with van der Waals surface area (Å²) < 4.78 is 4.66. The molecule has 0 heterocycles. The number of ether oxygens (including phenoxy) is 1. The van der Waals surface area contributed by atoms with E-state index in [4.69, 9.17) is 0 Å². The van der Waals surface area contributed by atoms with Crippen LogP contribution in [0.3, 0.4) is 0 Å². The molecule has 28 heavy (non-hydrogen) atoms. The van der Waals surface area contributed by atoms with Gasteiger partial charge in [-0.1, -0.05) is 42.5 Å². The lowest BCUT2D eigenvalue weighted by atomic mass is 9.52. The van der Waals surface area contributed by atoms with E-state index in [1.165, 1.54) is 51.7 Å². The molecule has 0 aliphatic heterocycles. The average Bonchev–Trinajstić information content (AvgIpc) is 2.78. The van der Waals surface area contributed by atoms with Crippen molar-refractivity contribution in [2.75, 3.05) is 19.0 Å². The third-order valence-corrected chi connectivity index (χ3v) is 6.96. The molecule has 0 aromatic heterocycles. The van der Waals surface area contributed by atoms with E-state index in [1.54, 1.807) is 11.6 Å². The first-order chi connectivity index (χ1) is 13.6. The average molecular weight is 376 g/mol.